The van der Waals surface area contributed by atoms with Crippen LogP contribution in [0.4, 0.5) is 0 Å². The summed E-state index contributed by atoms with van der Waals surface area (Å²) in [5.41, 5.74) is 8.93. The highest BCUT2D eigenvalue weighted by Crippen LogP contribution is 2.30. The van der Waals surface area contributed by atoms with Crippen molar-refractivity contribution in [2.24, 2.45) is 5.73 Å². The molecule has 0 amide bonds. The van der Waals surface area contributed by atoms with E-state index in [4.69, 9.17) is 5.73 Å². The molecule has 0 fully saturated rings. The highest BCUT2D eigenvalue weighted by Gasteiger charge is 2.20. The predicted octanol–water partition coefficient (Wildman–Crippen LogP) is 4.61. The lowest BCUT2D eigenvalue weighted by Crippen LogP contribution is -2.20. The fourth-order valence-corrected chi connectivity index (χ4v) is 2.33. The van der Waals surface area contributed by atoms with Gasteiger partial charge in [0.15, 0.2) is 0 Å². The quantitative estimate of drug-likeness (QED) is 0.781. The van der Waals surface area contributed by atoms with E-state index in [1.165, 1.54) is 24.0 Å². The Balaban J connectivity index is 2.66. The first-order valence-corrected chi connectivity index (χ1v) is 7.19. The number of nitrogens with two attached hydrogens (primary N) is 1. The van der Waals surface area contributed by atoms with E-state index in [2.05, 4.69) is 58.9 Å². The van der Waals surface area contributed by atoms with E-state index in [0.717, 1.165) is 6.42 Å². The van der Waals surface area contributed by atoms with Crippen LogP contribution in [0.25, 0.3) is 0 Å². The summed E-state index contributed by atoms with van der Waals surface area (Å²) in [5, 5.41) is 0. The lowest BCUT2D eigenvalue weighted by Gasteiger charge is -2.26. The maximum absolute atomic E-state index is 5.81. The van der Waals surface area contributed by atoms with Crippen molar-refractivity contribution in [3.8, 4) is 0 Å². The van der Waals surface area contributed by atoms with Gasteiger partial charge in [-0.05, 0) is 42.2 Å². The van der Waals surface area contributed by atoms with E-state index in [9.17, 15) is 0 Å². The normalized spacial score (nSPS) is 13.9. The summed E-state index contributed by atoms with van der Waals surface area (Å²) in [5.74, 6) is 0.611. The minimum absolute atomic E-state index is 0.254. The van der Waals surface area contributed by atoms with Gasteiger partial charge in [0.25, 0.3) is 0 Å². The molecule has 0 saturated heterocycles. The Bertz CT molecular complexity index is 346. The molecule has 0 radical (unpaired) electrons. The van der Waals surface area contributed by atoms with Crippen molar-refractivity contribution < 1.29 is 0 Å². The van der Waals surface area contributed by atoms with Gasteiger partial charge < -0.3 is 5.73 Å². The Kier molecular flexibility index (Phi) is 5.40. The van der Waals surface area contributed by atoms with E-state index in [0.29, 0.717) is 12.0 Å². The molecule has 1 rings (SSSR count). The lowest BCUT2D eigenvalue weighted by molar-refractivity contribution is 0.439. The zero-order valence-electron chi connectivity index (χ0n) is 12.7. The van der Waals surface area contributed by atoms with E-state index in [-0.39, 0.29) is 5.41 Å². The molecule has 1 atom stereocenters. The highest BCUT2D eigenvalue weighted by molar-refractivity contribution is 5.29. The van der Waals surface area contributed by atoms with Gasteiger partial charge in [0.2, 0.25) is 0 Å². The van der Waals surface area contributed by atoms with E-state index in [1.54, 1.807) is 0 Å². The molecule has 1 aromatic rings. The van der Waals surface area contributed by atoms with Gasteiger partial charge in [0.1, 0.15) is 0 Å². The van der Waals surface area contributed by atoms with Crippen molar-refractivity contribution in [1.29, 1.82) is 0 Å². The Morgan fingerprint density at radius 2 is 1.61 bits per heavy atom. The molecule has 1 nitrogen and oxygen atoms in total. The molecule has 0 aliphatic heterocycles. The van der Waals surface area contributed by atoms with Crippen LogP contribution < -0.4 is 5.73 Å². The van der Waals surface area contributed by atoms with Crippen LogP contribution in [0.3, 0.4) is 0 Å². The molecule has 0 aromatic heterocycles. The van der Waals surface area contributed by atoms with E-state index < -0.39 is 0 Å². The second kappa shape index (κ2) is 6.38. The van der Waals surface area contributed by atoms with Crippen LogP contribution in [-0.4, -0.2) is 6.04 Å². The third-order valence-corrected chi connectivity index (χ3v) is 3.82. The second-order valence-electron chi connectivity index (χ2n) is 6.53. The van der Waals surface area contributed by atoms with Crippen LogP contribution >= 0.6 is 0 Å². The average molecular weight is 247 g/mol. The zero-order valence-corrected chi connectivity index (χ0v) is 12.7. The first-order chi connectivity index (χ1) is 8.33. The minimum Gasteiger partial charge on any atom is -0.328 e. The highest BCUT2D eigenvalue weighted by atomic mass is 14.6. The fourth-order valence-electron chi connectivity index (χ4n) is 2.33. The van der Waals surface area contributed by atoms with Crippen molar-refractivity contribution in [2.45, 2.75) is 71.3 Å². The van der Waals surface area contributed by atoms with Gasteiger partial charge >= 0.3 is 0 Å². The molecule has 0 saturated carbocycles. The van der Waals surface area contributed by atoms with Gasteiger partial charge in [-0.25, -0.2) is 0 Å². The van der Waals surface area contributed by atoms with Crippen LogP contribution in [0.2, 0.25) is 0 Å². The molecule has 1 unspecified atom stereocenters. The van der Waals surface area contributed by atoms with Crippen LogP contribution in [0.15, 0.2) is 24.3 Å². The summed E-state index contributed by atoms with van der Waals surface area (Å²) < 4.78 is 0. The lowest BCUT2D eigenvalue weighted by atomic mass is 9.79. The molecule has 1 heteroatoms. The van der Waals surface area contributed by atoms with Crippen molar-refractivity contribution >= 4 is 0 Å². The van der Waals surface area contributed by atoms with Gasteiger partial charge in [0.05, 0.1) is 0 Å². The third-order valence-electron chi connectivity index (χ3n) is 3.82. The third kappa shape index (κ3) is 4.45. The summed E-state index contributed by atoms with van der Waals surface area (Å²) in [6, 6.07) is 9.45. The average Bonchev–Trinajstić information content (AvgIpc) is 2.28. The van der Waals surface area contributed by atoms with Crippen LogP contribution in [0, 0.1) is 0 Å². The first-order valence-electron chi connectivity index (χ1n) is 7.19. The van der Waals surface area contributed by atoms with Gasteiger partial charge in [-0.15, -0.1) is 0 Å². The Morgan fingerprint density at radius 3 is 2.06 bits per heavy atom. The van der Waals surface area contributed by atoms with Gasteiger partial charge in [-0.2, -0.15) is 0 Å². The summed E-state index contributed by atoms with van der Waals surface area (Å²) in [7, 11) is 0. The topological polar surface area (TPSA) is 26.0 Å². The Hall–Kier alpha value is -0.820. The molecular formula is C17H29N. The van der Waals surface area contributed by atoms with Crippen molar-refractivity contribution in [3.63, 3.8) is 0 Å². The molecule has 1 aromatic carbocycles. The minimum atomic E-state index is 0.254. The molecule has 18 heavy (non-hydrogen) atoms. The van der Waals surface area contributed by atoms with Gasteiger partial charge in [-0.3, -0.25) is 0 Å². The van der Waals surface area contributed by atoms with Gasteiger partial charge in [0, 0.05) is 6.04 Å². The molecule has 0 spiro atoms. The molecule has 0 aliphatic carbocycles. The van der Waals surface area contributed by atoms with E-state index >= 15 is 0 Å². The van der Waals surface area contributed by atoms with Crippen molar-refractivity contribution in [2.75, 3.05) is 0 Å². The number of rotatable bonds is 6. The molecule has 102 valence electrons. The molecular weight excluding hydrogens is 218 g/mol. The maximum atomic E-state index is 5.81. The largest absolute Gasteiger partial charge is 0.328 e. The van der Waals surface area contributed by atoms with Crippen molar-refractivity contribution in [3.05, 3.63) is 35.4 Å². The summed E-state index contributed by atoms with van der Waals surface area (Å²) in [6.45, 7) is 11.2. The Labute approximate surface area is 113 Å². The van der Waals surface area contributed by atoms with E-state index in [1.807, 2.05) is 0 Å². The summed E-state index contributed by atoms with van der Waals surface area (Å²) in [6.07, 6.45) is 3.53. The Morgan fingerprint density at radius 1 is 1.06 bits per heavy atom. The molecule has 2 N–H and O–H groups in total. The number of hydrogen-bond acceptors (Lipinski definition) is 1. The maximum Gasteiger partial charge on any atom is 0.00104 e. The van der Waals surface area contributed by atoms with Crippen molar-refractivity contribution in [1.82, 2.24) is 0 Å². The van der Waals surface area contributed by atoms with Gasteiger partial charge in [-0.1, -0.05) is 58.4 Å². The summed E-state index contributed by atoms with van der Waals surface area (Å²) in [4.78, 5) is 0. The van der Waals surface area contributed by atoms with Crippen LogP contribution in [-0.2, 0) is 5.41 Å². The SMILES string of the molecule is CC(N)CCCC(C)(C)c1ccc(C(C)C)cc1. The van der Waals surface area contributed by atoms with Crippen LogP contribution in [0.5, 0.6) is 0 Å². The van der Waals surface area contributed by atoms with Crippen LogP contribution in [0.1, 0.15) is 70.9 Å². The first kappa shape index (κ1) is 15.2. The monoisotopic (exact) mass is 247 g/mol. The molecule has 0 heterocycles. The predicted molar refractivity (Wildman–Crippen MR) is 81.1 cm³/mol. The smallest absolute Gasteiger partial charge is 0.00104 e. The standard InChI is InChI=1S/C17H29N/c1-13(2)15-8-10-16(11-9-15)17(4,5)12-6-7-14(3)18/h8-11,13-14H,6-7,12,18H2,1-5H3. The number of hydrogen-bond donors (Lipinski definition) is 1. The fraction of sp³-hybridized carbons (Fsp3) is 0.647. The zero-order chi connectivity index (χ0) is 13.8. The summed E-state index contributed by atoms with van der Waals surface area (Å²) >= 11 is 0. The second-order valence-corrected chi connectivity index (χ2v) is 6.53. The number of benzene rings is 1. The molecule has 0 bridgehead atoms. The molecule has 0 aliphatic rings.